The number of rotatable bonds is 3. The zero-order valence-electron chi connectivity index (χ0n) is 17.1. The lowest BCUT2D eigenvalue weighted by Gasteiger charge is -2.31. The third-order valence-corrected chi connectivity index (χ3v) is 6.56. The predicted molar refractivity (Wildman–Crippen MR) is 123 cm³/mol. The van der Waals surface area contributed by atoms with Gasteiger partial charge >= 0.3 is 0 Å². The van der Waals surface area contributed by atoms with Crippen LogP contribution in [0.5, 0.6) is 0 Å². The maximum Gasteiger partial charge on any atom is 0.253 e. The number of benzene rings is 3. The lowest BCUT2D eigenvalue weighted by Crippen LogP contribution is -2.41. The molecule has 1 aliphatic heterocycles. The zero-order valence-corrected chi connectivity index (χ0v) is 17.9. The molecule has 31 heavy (non-hydrogen) atoms. The monoisotopic (exact) mass is 430 g/mol. The Hall–Kier alpha value is -3.11. The molecular weight excluding hydrogens is 408 g/mol. The Morgan fingerprint density at radius 1 is 0.871 bits per heavy atom. The minimum absolute atomic E-state index is 0.00582. The molecule has 0 unspecified atom stereocenters. The Kier molecular flexibility index (Phi) is 5.24. The van der Waals surface area contributed by atoms with Gasteiger partial charge in [0, 0.05) is 35.3 Å². The first kappa shape index (κ1) is 19.8. The van der Waals surface area contributed by atoms with Crippen LogP contribution in [0.25, 0.3) is 11.1 Å². The molecule has 2 aliphatic rings. The van der Waals surface area contributed by atoms with Crippen LogP contribution in [0.15, 0.2) is 66.7 Å². The van der Waals surface area contributed by atoms with Crippen LogP contribution in [0.1, 0.15) is 34.3 Å². The molecule has 1 N–H and O–H groups in total. The topological polar surface area (TPSA) is 49.4 Å². The number of piperidine rings is 1. The highest BCUT2D eigenvalue weighted by atomic mass is 35.5. The van der Waals surface area contributed by atoms with Crippen molar-refractivity contribution in [3.8, 4) is 11.1 Å². The number of nitrogens with zero attached hydrogens (tertiary/aromatic N) is 1. The number of amides is 2. The summed E-state index contributed by atoms with van der Waals surface area (Å²) >= 11 is 5.91. The minimum Gasteiger partial charge on any atom is -0.339 e. The Morgan fingerprint density at radius 2 is 1.58 bits per heavy atom. The molecule has 0 spiro atoms. The van der Waals surface area contributed by atoms with E-state index in [-0.39, 0.29) is 17.7 Å². The normalized spacial score (nSPS) is 15.3. The Balaban J connectivity index is 1.19. The highest BCUT2D eigenvalue weighted by molar-refractivity contribution is 6.30. The molecule has 1 saturated heterocycles. The summed E-state index contributed by atoms with van der Waals surface area (Å²) in [5.41, 5.74) is 6.60. The molecule has 5 rings (SSSR count). The van der Waals surface area contributed by atoms with Crippen molar-refractivity contribution in [3.63, 3.8) is 0 Å². The van der Waals surface area contributed by atoms with Crippen LogP contribution in [-0.2, 0) is 11.2 Å². The molecule has 4 nitrogen and oxygen atoms in total. The van der Waals surface area contributed by atoms with Gasteiger partial charge in [0.15, 0.2) is 0 Å². The third kappa shape index (κ3) is 3.96. The Bertz CT molecular complexity index is 1150. The molecule has 0 aromatic heterocycles. The lowest BCUT2D eigenvalue weighted by molar-refractivity contribution is -0.121. The molecule has 3 aromatic carbocycles. The number of anilines is 1. The van der Waals surface area contributed by atoms with Crippen LogP contribution >= 0.6 is 11.6 Å². The van der Waals surface area contributed by atoms with Crippen LogP contribution in [0.3, 0.4) is 0 Å². The minimum atomic E-state index is -0.0836. The number of likely N-dealkylation sites (tertiary alicyclic amines) is 1. The highest BCUT2D eigenvalue weighted by Crippen LogP contribution is 2.37. The van der Waals surface area contributed by atoms with Crippen LogP contribution in [0, 0.1) is 5.92 Å². The van der Waals surface area contributed by atoms with E-state index in [0.29, 0.717) is 36.5 Å². The summed E-state index contributed by atoms with van der Waals surface area (Å²) in [5, 5.41) is 3.71. The molecule has 2 amide bonds. The second kappa shape index (κ2) is 8.20. The smallest absolute Gasteiger partial charge is 0.253 e. The molecule has 1 fully saturated rings. The molecule has 0 saturated carbocycles. The molecule has 0 atom stereocenters. The van der Waals surface area contributed by atoms with Crippen LogP contribution in [0.2, 0.25) is 5.02 Å². The molecule has 156 valence electrons. The summed E-state index contributed by atoms with van der Waals surface area (Å²) in [6.45, 7) is 1.16. The van der Waals surface area contributed by atoms with Gasteiger partial charge in [0.2, 0.25) is 5.91 Å². The molecule has 0 bridgehead atoms. The van der Waals surface area contributed by atoms with Crippen molar-refractivity contribution in [1.82, 2.24) is 4.90 Å². The SMILES string of the molecule is O=C(Nc1ccc2c(c1)Cc1ccccc1-2)C1CCN(C(=O)c2ccc(Cl)cc2)CC1. The number of fused-ring (bicyclic) bond motifs is 3. The maximum atomic E-state index is 12.8. The van der Waals surface area contributed by atoms with Gasteiger partial charge in [0.1, 0.15) is 0 Å². The van der Waals surface area contributed by atoms with Gasteiger partial charge in [-0.2, -0.15) is 0 Å². The average Bonchev–Trinajstić information content (AvgIpc) is 3.17. The van der Waals surface area contributed by atoms with Crippen LogP contribution in [0.4, 0.5) is 5.69 Å². The molecule has 1 aliphatic carbocycles. The fourth-order valence-electron chi connectivity index (χ4n) is 4.59. The van der Waals surface area contributed by atoms with Gasteiger partial charge in [-0.25, -0.2) is 0 Å². The number of carbonyl (C=O) groups excluding carboxylic acids is 2. The van der Waals surface area contributed by atoms with Gasteiger partial charge in [-0.05, 0) is 77.9 Å². The summed E-state index contributed by atoms with van der Waals surface area (Å²) in [6.07, 6.45) is 2.24. The zero-order chi connectivity index (χ0) is 21.4. The van der Waals surface area contributed by atoms with Crippen LogP contribution in [-0.4, -0.2) is 29.8 Å². The summed E-state index contributed by atoms with van der Waals surface area (Å²) in [4.78, 5) is 27.3. The third-order valence-electron chi connectivity index (χ3n) is 6.31. The molecule has 5 heteroatoms. The van der Waals surface area contributed by atoms with E-state index in [9.17, 15) is 9.59 Å². The van der Waals surface area contributed by atoms with E-state index >= 15 is 0 Å². The van der Waals surface area contributed by atoms with Crippen molar-refractivity contribution in [2.45, 2.75) is 19.3 Å². The first-order valence-electron chi connectivity index (χ1n) is 10.7. The first-order chi connectivity index (χ1) is 15.1. The highest BCUT2D eigenvalue weighted by Gasteiger charge is 2.28. The summed E-state index contributed by atoms with van der Waals surface area (Å²) in [5.74, 6) is -0.0533. The van der Waals surface area contributed by atoms with Gasteiger partial charge in [0.25, 0.3) is 5.91 Å². The second-order valence-corrected chi connectivity index (χ2v) is 8.70. The maximum absolute atomic E-state index is 12.8. The van der Waals surface area contributed by atoms with Crippen molar-refractivity contribution in [2.24, 2.45) is 5.92 Å². The van der Waals surface area contributed by atoms with Crippen molar-refractivity contribution in [3.05, 3.63) is 88.4 Å². The van der Waals surface area contributed by atoms with Crippen molar-refractivity contribution in [2.75, 3.05) is 18.4 Å². The molecule has 3 aromatic rings. The van der Waals surface area contributed by atoms with E-state index in [0.717, 1.165) is 12.1 Å². The summed E-state index contributed by atoms with van der Waals surface area (Å²) in [7, 11) is 0. The van der Waals surface area contributed by atoms with E-state index in [2.05, 4.69) is 41.7 Å². The molecular formula is C26H23ClN2O2. The largest absolute Gasteiger partial charge is 0.339 e. The number of hydrogen-bond donors (Lipinski definition) is 1. The quantitative estimate of drug-likeness (QED) is 0.473. The number of hydrogen-bond acceptors (Lipinski definition) is 2. The second-order valence-electron chi connectivity index (χ2n) is 8.27. The molecule has 0 radical (unpaired) electrons. The van der Waals surface area contributed by atoms with E-state index in [1.165, 1.54) is 22.3 Å². The fourth-order valence-corrected chi connectivity index (χ4v) is 4.71. The fraction of sp³-hybridized carbons (Fsp3) is 0.231. The van der Waals surface area contributed by atoms with E-state index in [1.54, 1.807) is 24.3 Å². The van der Waals surface area contributed by atoms with Gasteiger partial charge in [-0.1, -0.05) is 41.9 Å². The van der Waals surface area contributed by atoms with Crippen LogP contribution < -0.4 is 5.32 Å². The lowest BCUT2D eigenvalue weighted by atomic mass is 9.95. The first-order valence-corrected chi connectivity index (χ1v) is 11.0. The van der Waals surface area contributed by atoms with Gasteiger partial charge in [-0.3, -0.25) is 9.59 Å². The van der Waals surface area contributed by atoms with E-state index in [4.69, 9.17) is 11.6 Å². The van der Waals surface area contributed by atoms with E-state index in [1.807, 2.05) is 11.0 Å². The van der Waals surface area contributed by atoms with Crippen molar-refractivity contribution < 1.29 is 9.59 Å². The average molecular weight is 431 g/mol. The van der Waals surface area contributed by atoms with Gasteiger partial charge in [0.05, 0.1) is 0 Å². The molecule has 1 heterocycles. The number of halogens is 1. The van der Waals surface area contributed by atoms with E-state index < -0.39 is 0 Å². The Morgan fingerprint density at radius 3 is 2.35 bits per heavy atom. The van der Waals surface area contributed by atoms with Gasteiger partial charge in [-0.15, -0.1) is 0 Å². The number of carbonyl (C=O) groups is 2. The predicted octanol–water partition coefficient (Wildman–Crippen LogP) is 5.40. The standard InChI is InChI=1S/C26H23ClN2O2/c27-21-7-5-18(6-8-21)26(31)29-13-11-17(12-14-29)25(30)28-22-9-10-24-20(16-22)15-19-3-1-2-4-23(19)24/h1-10,16-17H,11-15H2,(H,28,30). The van der Waals surface area contributed by atoms with Crippen molar-refractivity contribution >= 4 is 29.1 Å². The van der Waals surface area contributed by atoms with Crippen molar-refractivity contribution in [1.29, 1.82) is 0 Å². The summed E-state index contributed by atoms with van der Waals surface area (Å²) in [6, 6.07) is 21.6. The van der Waals surface area contributed by atoms with Gasteiger partial charge < -0.3 is 10.2 Å². The number of nitrogens with one attached hydrogen (secondary N) is 1. The summed E-state index contributed by atoms with van der Waals surface area (Å²) < 4.78 is 0. The Labute approximate surface area is 186 Å².